The van der Waals surface area contributed by atoms with Crippen molar-refractivity contribution in [2.75, 3.05) is 60.9 Å². The van der Waals surface area contributed by atoms with E-state index in [9.17, 15) is 14.9 Å². The SMILES string of the molecule is CC(C)NC[C@@H](C(=O)N1CCN(c2ncnc3c2N(CC#N)CC(=O)N3)CC1)c1ccc(Cl)cc1. The van der Waals surface area contributed by atoms with E-state index >= 15 is 0 Å². The molecule has 0 bridgehead atoms. The molecule has 2 amide bonds. The number of halogens is 1. The molecule has 1 aromatic carbocycles. The Labute approximate surface area is 209 Å². The summed E-state index contributed by atoms with van der Waals surface area (Å²) in [4.78, 5) is 39.9. The van der Waals surface area contributed by atoms with Crippen LogP contribution in [0.4, 0.5) is 17.3 Å². The summed E-state index contributed by atoms with van der Waals surface area (Å²) in [6.45, 7) is 7.02. The number of anilines is 3. The normalized spacial score (nSPS) is 16.5. The summed E-state index contributed by atoms with van der Waals surface area (Å²) in [6, 6.07) is 9.82. The van der Waals surface area contributed by atoms with Gasteiger partial charge in [-0.05, 0) is 17.7 Å². The molecular formula is C24H29ClN8O2. The lowest BCUT2D eigenvalue weighted by molar-refractivity contribution is -0.133. The Morgan fingerprint density at radius 2 is 1.91 bits per heavy atom. The molecule has 0 spiro atoms. The molecule has 2 aromatic rings. The number of carbonyl (C=O) groups excluding carboxylic acids is 2. The molecule has 1 aromatic heterocycles. The highest BCUT2D eigenvalue weighted by molar-refractivity contribution is 6.30. The summed E-state index contributed by atoms with van der Waals surface area (Å²) in [7, 11) is 0. The second-order valence-electron chi connectivity index (χ2n) is 8.94. The minimum atomic E-state index is -0.311. The maximum absolute atomic E-state index is 13.6. The van der Waals surface area contributed by atoms with Gasteiger partial charge in [0.25, 0.3) is 0 Å². The number of fused-ring (bicyclic) bond motifs is 1. The van der Waals surface area contributed by atoms with Crippen LogP contribution < -0.4 is 20.4 Å². The van der Waals surface area contributed by atoms with Crippen LogP contribution in [-0.2, 0) is 9.59 Å². The second-order valence-corrected chi connectivity index (χ2v) is 9.37. The lowest BCUT2D eigenvalue weighted by Gasteiger charge is -2.39. The van der Waals surface area contributed by atoms with Crippen LogP contribution in [0.25, 0.3) is 0 Å². The Kier molecular flexibility index (Phi) is 7.68. The molecule has 11 heteroatoms. The van der Waals surface area contributed by atoms with Crippen LogP contribution >= 0.6 is 11.6 Å². The number of hydrogen-bond donors (Lipinski definition) is 2. The lowest BCUT2D eigenvalue weighted by Crippen LogP contribution is -2.52. The van der Waals surface area contributed by atoms with Crippen molar-refractivity contribution in [3.05, 3.63) is 41.2 Å². The first kappa shape index (κ1) is 24.7. The van der Waals surface area contributed by atoms with Crippen molar-refractivity contribution >= 4 is 40.7 Å². The minimum Gasteiger partial charge on any atom is -0.351 e. The molecule has 35 heavy (non-hydrogen) atoms. The first-order valence-corrected chi connectivity index (χ1v) is 12.0. The van der Waals surface area contributed by atoms with Gasteiger partial charge < -0.3 is 25.3 Å². The molecule has 1 saturated heterocycles. The van der Waals surface area contributed by atoms with Gasteiger partial charge in [-0.1, -0.05) is 37.6 Å². The number of rotatable bonds is 7. The van der Waals surface area contributed by atoms with E-state index in [1.165, 1.54) is 6.33 Å². The maximum Gasteiger partial charge on any atom is 0.245 e. The Balaban J connectivity index is 1.50. The quantitative estimate of drug-likeness (QED) is 0.557. The van der Waals surface area contributed by atoms with Crippen LogP contribution in [-0.4, -0.2) is 78.5 Å². The summed E-state index contributed by atoms with van der Waals surface area (Å²) >= 11 is 6.06. The Bertz CT molecular complexity index is 1110. The van der Waals surface area contributed by atoms with E-state index in [1.54, 1.807) is 4.90 Å². The molecule has 3 heterocycles. The third kappa shape index (κ3) is 5.63. The smallest absolute Gasteiger partial charge is 0.245 e. The number of carbonyl (C=O) groups is 2. The van der Waals surface area contributed by atoms with E-state index in [0.717, 1.165) is 5.56 Å². The average molecular weight is 497 g/mol. The Morgan fingerprint density at radius 3 is 2.57 bits per heavy atom. The second kappa shape index (κ2) is 10.9. The molecule has 184 valence electrons. The van der Waals surface area contributed by atoms with Crippen molar-refractivity contribution in [2.45, 2.75) is 25.8 Å². The highest BCUT2D eigenvalue weighted by Gasteiger charge is 2.33. The van der Waals surface area contributed by atoms with Crippen LogP contribution in [0.5, 0.6) is 0 Å². The summed E-state index contributed by atoms with van der Waals surface area (Å²) in [5, 5.41) is 16.0. The molecule has 10 nitrogen and oxygen atoms in total. The Hall–Kier alpha value is -3.42. The summed E-state index contributed by atoms with van der Waals surface area (Å²) < 4.78 is 0. The molecule has 0 aliphatic carbocycles. The molecule has 2 aliphatic rings. The van der Waals surface area contributed by atoms with E-state index in [4.69, 9.17) is 11.6 Å². The summed E-state index contributed by atoms with van der Waals surface area (Å²) in [6.07, 6.45) is 1.41. The first-order valence-electron chi connectivity index (χ1n) is 11.7. The maximum atomic E-state index is 13.6. The van der Waals surface area contributed by atoms with Gasteiger partial charge in [-0.3, -0.25) is 9.59 Å². The van der Waals surface area contributed by atoms with E-state index in [1.807, 2.05) is 29.2 Å². The predicted octanol–water partition coefficient (Wildman–Crippen LogP) is 1.84. The number of amides is 2. The summed E-state index contributed by atoms with van der Waals surface area (Å²) in [5.41, 5.74) is 1.58. The van der Waals surface area contributed by atoms with Gasteiger partial charge in [0, 0.05) is 43.8 Å². The minimum absolute atomic E-state index is 0.0604. The topological polar surface area (TPSA) is 117 Å². The van der Waals surface area contributed by atoms with E-state index in [0.29, 0.717) is 55.1 Å². The first-order chi connectivity index (χ1) is 16.9. The number of benzene rings is 1. The van der Waals surface area contributed by atoms with Gasteiger partial charge in [-0.2, -0.15) is 5.26 Å². The van der Waals surface area contributed by atoms with Crippen molar-refractivity contribution in [1.29, 1.82) is 5.26 Å². The number of nitrogens with one attached hydrogen (secondary N) is 2. The predicted molar refractivity (Wildman–Crippen MR) is 135 cm³/mol. The standard InChI is InChI=1S/C24H29ClN8O2/c1-16(2)27-13-19(17-3-5-18(25)6-4-17)24(35)32-11-9-31(10-12-32)23-21-22(28-15-29-23)30-20(34)14-33(21)8-7-26/h3-6,15-16,19,27H,8-14H2,1-2H3,(H,28,29,30,34)/t19-/m1/s1. The van der Waals surface area contributed by atoms with Gasteiger partial charge in [0.1, 0.15) is 18.6 Å². The number of aromatic nitrogens is 2. The lowest BCUT2D eigenvalue weighted by atomic mass is 9.96. The van der Waals surface area contributed by atoms with Gasteiger partial charge in [0.15, 0.2) is 11.6 Å². The molecule has 0 unspecified atom stereocenters. The Morgan fingerprint density at radius 1 is 1.20 bits per heavy atom. The number of nitrogens with zero attached hydrogens (tertiary/aromatic N) is 6. The number of hydrogen-bond acceptors (Lipinski definition) is 8. The number of nitriles is 1. The molecule has 2 aliphatic heterocycles. The molecule has 1 atom stereocenters. The zero-order valence-corrected chi connectivity index (χ0v) is 20.6. The van der Waals surface area contributed by atoms with E-state index in [-0.39, 0.29) is 36.9 Å². The van der Waals surface area contributed by atoms with Gasteiger partial charge >= 0.3 is 0 Å². The fraction of sp³-hybridized carbons (Fsp3) is 0.458. The highest BCUT2D eigenvalue weighted by atomic mass is 35.5. The highest BCUT2D eigenvalue weighted by Crippen LogP contribution is 2.36. The van der Waals surface area contributed by atoms with E-state index in [2.05, 4.69) is 45.4 Å². The average Bonchev–Trinajstić information content (AvgIpc) is 2.84. The largest absolute Gasteiger partial charge is 0.351 e. The van der Waals surface area contributed by atoms with Gasteiger partial charge in [0.05, 0.1) is 18.5 Å². The molecule has 4 rings (SSSR count). The van der Waals surface area contributed by atoms with Crippen LogP contribution in [0.2, 0.25) is 5.02 Å². The molecule has 2 N–H and O–H groups in total. The van der Waals surface area contributed by atoms with Crippen LogP contribution in [0.15, 0.2) is 30.6 Å². The monoisotopic (exact) mass is 496 g/mol. The zero-order chi connectivity index (χ0) is 24.9. The summed E-state index contributed by atoms with van der Waals surface area (Å²) in [5.74, 6) is 0.615. The van der Waals surface area contributed by atoms with E-state index < -0.39 is 0 Å². The van der Waals surface area contributed by atoms with Crippen molar-refractivity contribution in [1.82, 2.24) is 20.2 Å². The van der Waals surface area contributed by atoms with Crippen LogP contribution in [0, 0.1) is 11.3 Å². The zero-order valence-electron chi connectivity index (χ0n) is 19.9. The van der Waals surface area contributed by atoms with Crippen LogP contribution in [0.1, 0.15) is 25.3 Å². The van der Waals surface area contributed by atoms with Gasteiger partial charge in [0.2, 0.25) is 11.8 Å². The number of piperazine rings is 1. The molecule has 1 fully saturated rings. The molecule has 0 radical (unpaired) electrons. The third-order valence-electron chi connectivity index (χ3n) is 6.16. The molecule has 0 saturated carbocycles. The van der Waals surface area contributed by atoms with Gasteiger partial charge in [-0.25, -0.2) is 9.97 Å². The van der Waals surface area contributed by atoms with Crippen molar-refractivity contribution in [2.24, 2.45) is 0 Å². The van der Waals surface area contributed by atoms with Crippen molar-refractivity contribution in [3.8, 4) is 6.07 Å². The molecular weight excluding hydrogens is 468 g/mol. The van der Waals surface area contributed by atoms with Crippen molar-refractivity contribution in [3.63, 3.8) is 0 Å². The third-order valence-corrected chi connectivity index (χ3v) is 6.42. The fourth-order valence-electron chi connectivity index (χ4n) is 4.38. The van der Waals surface area contributed by atoms with Crippen LogP contribution in [0.3, 0.4) is 0 Å². The van der Waals surface area contributed by atoms with Crippen molar-refractivity contribution < 1.29 is 9.59 Å². The van der Waals surface area contributed by atoms with Gasteiger partial charge in [-0.15, -0.1) is 0 Å². The fourth-order valence-corrected chi connectivity index (χ4v) is 4.51.